The van der Waals surface area contributed by atoms with Crippen molar-refractivity contribution in [1.29, 1.82) is 0 Å². The number of anilines is 1. The highest BCUT2D eigenvalue weighted by atomic mass is 32.2. The molecule has 0 fully saturated rings. The molecule has 1 atom stereocenters. The first kappa shape index (κ1) is 9.40. The van der Waals surface area contributed by atoms with Crippen LogP contribution < -0.4 is 5.32 Å². The highest BCUT2D eigenvalue weighted by molar-refractivity contribution is 7.98. The number of rotatable bonds is 2. The minimum absolute atomic E-state index is 0.456. The van der Waals surface area contributed by atoms with Crippen molar-refractivity contribution < 1.29 is 9.90 Å². The van der Waals surface area contributed by atoms with Gasteiger partial charge in [-0.15, -0.1) is 11.8 Å². The molecule has 0 spiro atoms. The van der Waals surface area contributed by atoms with E-state index >= 15 is 0 Å². The summed E-state index contributed by atoms with van der Waals surface area (Å²) in [5, 5.41) is 11.8. The van der Waals surface area contributed by atoms with Gasteiger partial charge in [0, 0.05) is 17.0 Å². The Kier molecular flexibility index (Phi) is 2.37. The zero-order valence-corrected chi connectivity index (χ0v) is 8.60. The fourth-order valence-corrected chi connectivity index (χ4v) is 2.04. The Bertz CT molecular complexity index is 378. The molecule has 1 aliphatic rings. The summed E-state index contributed by atoms with van der Waals surface area (Å²) in [6, 6.07) is 5.57. The summed E-state index contributed by atoms with van der Waals surface area (Å²) in [6.07, 6.45) is 2.59. The van der Waals surface area contributed by atoms with E-state index in [0.29, 0.717) is 6.42 Å². The van der Waals surface area contributed by atoms with Gasteiger partial charge in [-0.25, -0.2) is 4.79 Å². The van der Waals surface area contributed by atoms with Gasteiger partial charge in [-0.2, -0.15) is 0 Å². The fraction of sp³-hybridized carbons (Fsp3) is 0.300. The molecule has 14 heavy (non-hydrogen) atoms. The third kappa shape index (κ3) is 1.57. The molecule has 1 aromatic rings. The highest BCUT2D eigenvalue weighted by Crippen LogP contribution is 2.29. The van der Waals surface area contributed by atoms with Gasteiger partial charge in [0.2, 0.25) is 0 Å². The van der Waals surface area contributed by atoms with Gasteiger partial charge in [0.25, 0.3) is 0 Å². The van der Waals surface area contributed by atoms with Gasteiger partial charge in [-0.1, -0.05) is 6.07 Å². The summed E-state index contributed by atoms with van der Waals surface area (Å²) in [6.45, 7) is 0. The summed E-state index contributed by atoms with van der Waals surface area (Å²) in [7, 11) is 0. The average molecular weight is 209 g/mol. The molecule has 1 heterocycles. The Hall–Kier alpha value is -1.16. The zero-order valence-electron chi connectivity index (χ0n) is 7.78. The van der Waals surface area contributed by atoms with Crippen LogP contribution >= 0.6 is 11.8 Å². The molecule has 0 saturated heterocycles. The molecule has 4 heteroatoms. The van der Waals surface area contributed by atoms with Crippen LogP contribution in [0, 0.1) is 0 Å². The Morgan fingerprint density at radius 2 is 2.43 bits per heavy atom. The van der Waals surface area contributed by atoms with E-state index in [-0.39, 0.29) is 0 Å². The Balaban J connectivity index is 2.27. The zero-order chi connectivity index (χ0) is 10.1. The van der Waals surface area contributed by atoms with Gasteiger partial charge in [-0.3, -0.25) is 0 Å². The number of hydrogen-bond donors (Lipinski definition) is 2. The maximum absolute atomic E-state index is 10.8. The Morgan fingerprint density at radius 1 is 1.64 bits per heavy atom. The molecular weight excluding hydrogens is 198 g/mol. The number of fused-ring (bicyclic) bond motifs is 1. The van der Waals surface area contributed by atoms with Crippen molar-refractivity contribution in [2.75, 3.05) is 11.6 Å². The number of carboxylic acid groups (broad SMARTS) is 1. The lowest BCUT2D eigenvalue weighted by atomic mass is 10.1. The first-order valence-corrected chi connectivity index (χ1v) is 5.59. The van der Waals surface area contributed by atoms with Gasteiger partial charge in [-0.05, 0) is 24.0 Å². The molecule has 1 aliphatic heterocycles. The Morgan fingerprint density at radius 3 is 3.07 bits per heavy atom. The quantitative estimate of drug-likeness (QED) is 0.730. The summed E-state index contributed by atoms with van der Waals surface area (Å²) >= 11 is 1.66. The fourth-order valence-electron chi connectivity index (χ4n) is 1.60. The number of thioether (sulfide) groups is 1. The van der Waals surface area contributed by atoms with E-state index in [1.165, 1.54) is 0 Å². The van der Waals surface area contributed by atoms with E-state index < -0.39 is 12.0 Å². The van der Waals surface area contributed by atoms with E-state index in [1.807, 2.05) is 24.5 Å². The van der Waals surface area contributed by atoms with E-state index in [2.05, 4.69) is 5.32 Å². The van der Waals surface area contributed by atoms with Crippen LogP contribution in [0.4, 0.5) is 5.69 Å². The van der Waals surface area contributed by atoms with Crippen molar-refractivity contribution in [3.63, 3.8) is 0 Å². The molecule has 0 aromatic heterocycles. The van der Waals surface area contributed by atoms with Crippen LogP contribution in [0.15, 0.2) is 23.1 Å². The summed E-state index contributed by atoms with van der Waals surface area (Å²) in [5.41, 5.74) is 2.06. The van der Waals surface area contributed by atoms with Crippen LogP contribution in [-0.4, -0.2) is 23.4 Å². The smallest absolute Gasteiger partial charge is 0.326 e. The van der Waals surface area contributed by atoms with Gasteiger partial charge in [0.05, 0.1) is 0 Å². The maximum Gasteiger partial charge on any atom is 0.326 e. The molecule has 0 bridgehead atoms. The normalized spacial score (nSPS) is 18.8. The monoisotopic (exact) mass is 209 g/mol. The number of nitrogens with one attached hydrogen (secondary N) is 1. The summed E-state index contributed by atoms with van der Waals surface area (Å²) < 4.78 is 0. The standard InChI is InChI=1S/C10H11NO2S/c1-14-7-3-2-6-4-9(10(12)13)11-8(6)5-7/h2-3,5,9,11H,4H2,1H3,(H,12,13)/t9-/m0/s1. The molecule has 0 amide bonds. The van der Waals surface area contributed by atoms with Crippen LogP contribution in [-0.2, 0) is 11.2 Å². The average Bonchev–Trinajstić information content (AvgIpc) is 2.59. The number of carbonyl (C=O) groups is 1. The highest BCUT2D eigenvalue weighted by Gasteiger charge is 2.25. The molecule has 3 nitrogen and oxygen atoms in total. The lowest BCUT2D eigenvalue weighted by Gasteiger charge is -2.04. The van der Waals surface area contributed by atoms with Crippen molar-refractivity contribution in [3.05, 3.63) is 23.8 Å². The molecule has 2 rings (SSSR count). The lowest BCUT2D eigenvalue weighted by molar-refractivity contribution is -0.137. The predicted molar refractivity (Wildman–Crippen MR) is 57.0 cm³/mol. The van der Waals surface area contributed by atoms with Crippen LogP contribution in [0.25, 0.3) is 0 Å². The van der Waals surface area contributed by atoms with Crippen LogP contribution in [0.3, 0.4) is 0 Å². The minimum atomic E-state index is -0.785. The number of hydrogen-bond acceptors (Lipinski definition) is 3. The lowest BCUT2D eigenvalue weighted by Crippen LogP contribution is -2.26. The maximum atomic E-state index is 10.8. The number of carboxylic acids is 1. The second kappa shape index (κ2) is 3.53. The topological polar surface area (TPSA) is 49.3 Å². The van der Waals surface area contributed by atoms with E-state index in [1.54, 1.807) is 11.8 Å². The molecule has 0 saturated carbocycles. The summed E-state index contributed by atoms with van der Waals surface area (Å²) in [5.74, 6) is -0.785. The SMILES string of the molecule is CSc1ccc2c(c1)N[C@H](C(=O)O)C2. The minimum Gasteiger partial charge on any atom is -0.480 e. The van der Waals surface area contributed by atoms with Crippen LogP contribution in [0.5, 0.6) is 0 Å². The first-order valence-electron chi connectivity index (χ1n) is 4.37. The molecule has 1 aromatic carbocycles. The van der Waals surface area contributed by atoms with Crippen molar-refractivity contribution >= 4 is 23.4 Å². The van der Waals surface area contributed by atoms with Gasteiger partial charge < -0.3 is 10.4 Å². The molecule has 0 aliphatic carbocycles. The molecular formula is C10H11NO2S. The summed E-state index contributed by atoms with van der Waals surface area (Å²) in [4.78, 5) is 11.9. The van der Waals surface area contributed by atoms with Gasteiger partial charge >= 0.3 is 5.97 Å². The molecule has 74 valence electrons. The van der Waals surface area contributed by atoms with Crippen molar-refractivity contribution in [2.45, 2.75) is 17.4 Å². The van der Waals surface area contributed by atoms with Crippen molar-refractivity contribution in [2.24, 2.45) is 0 Å². The molecule has 2 N–H and O–H groups in total. The molecule has 0 unspecified atom stereocenters. The van der Waals surface area contributed by atoms with Crippen molar-refractivity contribution in [3.8, 4) is 0 Å². The number of benzene rings is 1. The second-order valence-corrected chi connectivity index (χ2v) is 4.14. The number of aliphatic carboxylic acids is 1. The Labute approximate surface area is 86.5 Å². The third-order valence-electron chi connectivity index (χ3n) is 2.37. The predicted octanol–water partition coefficient (Wildman–Crippen LogP) is 1.83. The van der Waals surface area contributed by atoms with E-state index in [4.69, 9.17) is 5.11 Å². The van der Waals surface area contributed by atoms with Crippen LogP contribution in [0.2, 0.25) is 0 Å². The first-order chi connectivity index (χ1) is 6.70. The van der Waals surface area contributed by atoms with Gasteiger partial charge in [0.15, 0.2) is 0 Å². The van der Waals surface area contributed by atoms with Gasteiger partial charge in [0.1, 0.15) is 6.04 Å². The second-order valence-electron chi connectivity index (χ2n) is 3.26. The largest absolute Gasteiger partial charge is 0.480 e. The van der Waals surface area contributed by atoms with E-state index in [9.17, 15) is 4.79 Å². The van der Waals surface area contributed by atoms with Crippen LogP contribution in [0.1, 0.15) is 5.56 Å². The third-order valence-corrected chi connectivity index (χ3v) is 3.09. The van der Waals surface area contributed by atoms with E-state index in [0.717, 1.165) is 16.1 Å². The van der Waals surface area contributed by atoms with Crippen molar-refractivity contribution in [1.82, 2.24) is 0 Å². The molecule has 0 radical (unpaired) electrons.